The zero-order chi connectivity index (χ0) is 21.9. The molecule has 0 spiro atoms. The highest BCUT2D eigenvalue weighted by molar-refractivity contribution is 5.46. The van der Waals surface area contributed by atoms with Crippen LogP contribution >= 0.6 is 0 Å². The topological polar surface area (TPSA) is 27.7 Å². The Balaban J connectivity index is 2.48. The third kappa shape index (κ3) is 3.95. The maximum Gasteiger partial charge on any atom is 0.387 e. The Bertz CT molecular complexity index is 801. The number of ether oxygens (including phenoxy) is 3. The largest absolute Gasteiger partial charge is 0.493 e. The number of benzene rings is 1. The van der Waals surface area contributed by atoms with Crippen LogP contribution in [0.3, 0.4) is 0 Å². The first-order valence-electron chi connectivity index (χ1n) is 8.62. The minimum Gasteiger partial charge on any atom is -0.493 e. The molecule has 0 amide bonds. The van der Waals surface area contributed by atoms with E-state index in [1.807, 2.05) is 0 Å². The molecule has 2 rings (SSSR count). The molecule has 0 bridgehead atoms. The maximum atomic E-state index is 14.3. The summed E-state index contributed by atoms with van der Waals surface area (Å²) >= 11 is 0. The molecule has 0 aliphatic heterocycles. The molecule has 0 saturated carbocycles. The molecule has 0 unspecified atom stereocenters. The van der Waals surface area contributed by atoms with Gasteiger partial charge in [-0.3, -0.25) is 0 Å². The lowest BCUT2D eigenvalue weighted by atomic mass is 10.1. The van der Waals surface area contributed by atoms with Crippen molar-refractivity contribution in [3.63, 3.8) is 0 Å². The molecule has 0 saturated heterocycles. The van der Waals surface area contributed by atoms with Gasteiger partial charge in [-0.1, -0.05) is 18.2 Å². The fraction of sp³-hybridized carbons (Fsp3) is 0.400. The van der Waals surface area contributed by atoms with E-state index >= 15 is 0 Å². The van der Waals surface area contributed by atoms with Crippen molar-refractivity contribution in [2.75, 3.05) is 13.7 Å². The first-order chi connectivity index (χ1) is 13.5. The zero-order valence-electron chi connectivity index (χ0n) is 15.6. The highest BCUT2D eigenvalue weighted by atomic mass is 19.3. The smallest absolute Gasteiger partial charge is 0.387 e. The predicted octanol–water partition coefficient (Wildman–Crippen LogP) is 5.92. The summed E-state index contributed by atoms with van der Waals surface area (Å²) in [5.74, 6) is -20.6. The van der Waals surface area contributed by atoms with E-state index in [-0.39, 0.29) is 12.2 Å². The molecule has 9 heteroatoms. The van der Waals surface area contributed by atoms with Gasteiger partial charge in [0.05, 0.1) is 13.7 Å². The minimum absolute atomic E-state index is 0.0998. The van der Waals surface area contributed by atoms with Crippen LogP contribution in [0.2, 0.25) is 0 Å². The van der Waals surface area contributed by atoms with Crippen LogP contribution in [-0.2, 0) is 11.2 Å². The average molecular weight is 422 g/mol. The van der Waals surface area contributed by atoms with E-state index in [1.165, 1.54) is 25.3 Å². The highest BCUT2D eigenvalue weighted by Gasteiger charge is 2.83. The maximum absolute atomic E-state index is 14.3. The van der Waals surface area contributed by atoms with E-state index in [0.717, 1.165) is 6.07 Å². The Morgan fingerprint density at radius 1 is 0.931 bits per heavy atom. The van der Waals surface area contributed by atoms with Gasteiger partial charge in [0.1, 0.15) is 0 Å². The summed E-state index contributed by atoms with van der Waals surface area (Å²) in [6.07, 6.45) is 3.86. The van der Waals surface area contributed by atoms with Crippen molar-refractivity contribution in [3.05, 3.63) is 60.6 Å². The van der Waals surface area contributed by atoms with Gasteiger partial charge in [0.2, 0.25) is 11.5 Å². The van der Waals surface area contributed by atoms with Crippen molar-refractivity contribution in [3.8, 4) is 11.5 Å². The number of allylic oxidation sites excluding steroid dienone is 4. The molecule has 0 heterocycles. The summed E-state index contributed by atoms with van der Waals surface area (Å²) < 4.78 is 99.1. The van der Waals surface area contributed by atoms with Crippen LogP contribution in [0.1, 0.15) is 18.4 Å². The molecule has 0 radical (unpaired) electrons. The van der Waals surface area contributed by atoms with E-state index in [0.29, 0.717) is 18.4 Å². The summed E-state index contributed by atoms with van der Waals surface area (Å²) in [6, 6.07) is 3.99. The van der Waals surface area contributed by atoms with Gasteiger partial charge in [-0.05, 0) is 37.0 Å². The summed E-state index contributed by atoms with van der Waals surface area (Å²) in [4.78, 5) is 0. The van der Waals surface area contributed by atoms with Crippen molar-refractivity contribution in [2.45, 2.75) is 37.0 Å². The molecule has 1 aromatic carbocycles. The van der Waals surface area contributed by atoms with Crippen LogP contribution in [0.4, 0.5) is 26.3 Å². The second-order valence-electron chi connectivity index (χ2n) is 6.24. The van der Waals surface area contributed by atoms with Crippen molar-refractivity contribution in [2.24, 2.45) is 0 Å². The van der Waals surface area contributed by atoms with Crippen LogP contribution in [-0.4, -0.2) is 31.5 Å². The first kappa shape index (κ1) is 22.7. The van der Waals surface area contributed by atoms with Crippen LogP contribution < -0.4 is 9.47 Å². The Hall–Kier alpha value is -2.58. The van der Waals surface area contributed by atoms with Gasteiger partial charge in [-0.2, -0.15) is 26.3 Å². The lowest BCUT2D eigenvalue weighted by Crippen LogP contribution is -2.49. The van der Waals surface area contributed by atoms with Crippen LogP contribution in [0.15, 0.2) is 55.0 Å². The molecule has 0 fully saturated rings. The minimum atomic E-state index is -5.72. The first-order valence-corrected chi connectivity index (χ1v) is 8.62. The Morgan fingerprint density at radius 3 is 2.17 bits per heavy atom. The van der Waals surface area contributed by atoms with Gasteiger partial charge in [0.15, 0.2) is 11.5 Å². The van der Waals surface area contributed by atoms with Gasteiger partial charge in [-0.25, -0.2) is 0 Å². The molecule has 0 N–H and O–H groups in total. The summed E-state index contributed by atoms with van der Waals surface area (Å²) in [7, 11) is 1.19. The summed E-state index contributed by atoms with van der Waals surface area (Å²) in [6.45, 7) is 6.47. The fourth-order valence-corrected chi connectivity index (χ4v) is 2.64. The lowest BCUT2D eigenvalue weighted by molar-refractivity contribution is -0.275. The second-order valence-corrected chi connectivity index (χ2v) is 6.24. The van der Waals surface area contributed by atoms with Gasteiger partial charge in [0, 0.05) is 0 Å². The van der Waals surface area contributed by atoms with Crippen molar-refractivity contribution < 1.29 is 40.6 Å². The summed E-state index contributed by atoms with van der Waals surface area (Å²) in [5, 5.41) is 0. The van der Waals surface area contributed by atoms with Gasteiger partial charge in [-0.15, -0.1) is 13.2 Å². The van der Waals surface area contributed by atoms with Crippen LogP contribution in [0.5, 0.6) is 11.5 Å². The molecule has 160 valence electrons. The van der Waals surface area contributed by atoms with Gasteiger partial charge in [0.25, 0.3) is 0 Å². The SMILES string of the molecule is C=CCCCOC1=C(Oc2ccc(CC=C)cc2OC)C(F)(F)C(F)(F)C1(F)F. The summed E-state index contributed by atoms with van der Waals surface area (Å²) in [5.41, 5.74) is 0.660. The van der Waals surface area contributed by atoms with Crippen molar-refractivity contribution >= 4 is 0 Å². The standard InChI is InChI=1S/C20H20F6O3/c1-4-6-7-11-28-16-17(19(23,24)20(25,26)18(16,21)22)29-14-10-9-13(8-5-2)12-15(14)27-3/h4-5,9-10,12H,1-2,6-8,11H2,3H3. The van der Waals surface area contributed by atoms with Gasteiger partial charge >= 0.3 is 17.8 Å². The second kappa shape index (κ2) is 8.42. The van der Waals surface area contributed by atoms with E-state index in [1.54, 1.807) is 6.08 Å². The Labute approximate surface area is 164 Å². The number of halogens is 6. The number of hydrogen-bond acceptors (Lipinski definition) is 3. The molecule has 29 heavy (non-hydrogen) atoms. The number of unbranched alkanes of at least 4 members (excludes halogenated alkanes) is 1. The molecule has 3 nitrogen and oxygen atoms in total. The van der Waals surface area contributed by atoms with Crippen LogP contribution in [0, 0.1) is 0 Å². The number of rotatable bonds is 10. The van der Waals surface area contributed by atoms with E-state index in [4.69, 9.17) is 9.47 Å². The molecule has 1 aliphatic carbocycles. The third-order valence-electron chi connectivity index (χ3n) is 4.18. The average Bonchev–Trinajstić information content (AvgIpc) is 2.75. The predicted molar refractivity (Wildman–Crippen MR) is 94.8 cm³/mol. The number of hydrogen-bond donors (Lipinski definition) is 0. The Kier molecular flexibility index (Phi) is 6.60. The third-order valence-corrected chi connectivity index (χ3v) is 4.18. The molecule has 1 aromatic rings. The highest BCUT2D eigenvalue weighted by Crippen LogP contribution is 2.59. The van der Waals surface area contributed by atoms with E-state index in [9.17, 15) is 26.3 Å². The molecule has 0 atom stereocenters. The quantitative estimate of drug-likeness (QED) is 0.266. The van der Waals surface area contributed by atoms with Crippen molar-refractivity contribution in [1.29, 1.82) is 0 Å². The number of alkyl halides is 6. The number of methoxy groups -OCH3 is 1. The molecular formula is C20H20F6O3. The zero-order valence-corrected chi connectivity index (χ0v) is 15.6. The normalized spacial score (nSPS) is 19.0. The van der Waals surface area contributed by atoms with E-state index < -0.39 is 41.6 Å². The lowest BCUT2D eigenvalue weighted by Gasteiger charge is -2.24. The Morgan fingerprint density at radius 2 is 1.59 bits per heavy atom. The molecule has 1 aliphatic rings. The van der Waals surface area contributed by atoms with Gasteiger partial charge < -0.3 is 14.2 Å². The molecule has 0 aromatic heterocycles. The fourth-order valence-electron chi connectivity index (χ4n) is 2.64. The monoisotopic (exact) mass is 422 g/mol. The van der Waals surface area contributed by atoms with Crippen LogP contribution in [0.25, 0.3) is 0 Å². The van der Waals surface area contributed by atoms with Crippen molar-refractivity contribution in [1.82, 2.24) is 0 Å². The molecular weight excluding hydrogens is 402 g/mol. The van der Waals surface area contributed by atoms with E-state index in [2.05, 4.69) is 17.9 Å².